The Morgan fingerprint density at radius 1 is 1.25 bits per heavy atom. The van der Waals surface area contributed by atoms with Crippen LogP contribution in [0.15, 0.2) is 45.7 Å². The molecule has 0 aliphatic carbocycles. The smallest absolute Gasteiger partial charge is 0.135 e. The minimum absolute atomic E-state index is 0.851. The predicted octanol–water partition coefficient (Wildman–Crippen LogP) is 3.10. The number of furan rings is 1. The van der Waals surface area contributed by atoms with Crippen LogP contribution in [0.2, 0.25) is 0 Å². The van der Waals surface area contributed by atoms with E-state index in [-0.39, 0.29) is 0 Å². The van der Waals surface area contributed by atoms with Gasteiger partial charge >= 0.3 is 0 Å². The zero-order valence-electron chi connectivity index (χ0n) is 6.20. The molecular weight excluding hydrogens is 218 g/mol. The van der Waals surface area contributed by atoms with E-state index < -0.39 is 0 Å². The number of nitrogens with zero attached hydrogens (tertiary/aromatic N) is 1. The zero-order chi connectivity index (χ0) is 8.39. The fourth-order valence-corrected chi connectivity index (χ4v) is 1.28. The number of hydrogen-bond acceptors (Lipinski definition) is 2. The molecule has 0 fully saturated rings. The average Bonchev–Trinajstić information content (AvgIpc) is 2.54. The lowest BCUT2D eigenvalue weighted by Crippen LogP contribution is -1.72. The van der Waals surface area contributed by atoms with Crippen molar-refractivity contribution in [1.29, 1.82) is 0 Å². The van der Waals surface area contributed by atoms with Crippen LogP contribution in [0.25, 0.3) is 11.3 Å². The van der Waals surface area contributed by atoms with Gasteiger partial charge in [0.05, 0.1) is 4.47 Å². The van der Waals surface area contributed by atoms with E-state index in [0.29, 0.717) is 0 Å². The molecule has 60 valence electrons. The summed E-state index contributed by atoms with van der Waals surface area (Å²) in [5.74, 6) is 0.851. The molecule has 0 aliphatic rings. The summed E-state index contributed by atoms with van der Waals surface area (Å²) in [6, 6.07) is 5.74. The van der Waals surface area contributed by atoms with Crippen molar-refractivity contribution in [3.63, 3.8) is 0 Å². The molecule has 2 rings (SSSR count). The highest BCUT2D eigenvalue weighted by atomic mass is 79.9. The second-order valence-electron chi connectivity index (χ2n) is 2.37. The molecule has 2 nitrogen and oxygen atoms in total. The van der Waals surface area contributed by atoms with Gasteiger partial charge in [0.25, 0.3) is 0 Å². The first-order chi connectivity index (χ1) is 5.86. The summed E-state index contributed by atoms with van der Waals surface area (Å²) in [5.41, 5.74) is 1.04. The molecule has 0 saturated heterocycles. The van der Waals surface area contributed by atoms with E-state index in [4.69, 9.17) is 4.42 Å². The van der Waals surface area contributed by atoms with Crippen LogP contribution in [0, 0.1) is 0 Å². The second-order valence-corrected chi connectivity index (χ2v) is 3.28. The van der Waals surface area contributed by atoms with Crippen LogP contribution in [-0.2, 0) is 0 Å². The molecule has 0 radical (unpaired) electrons. The second kappa shape index (κ2) is 3.11. The third-order valence-electron chi connectivity index (χ3n) is 1.53. The highest BCUT2D eigenvalue weighted by Gasteiger charge is 2.00. The van der Waals surface area contributed by atoms with Crippen LogP contribution in [0.1, 0.15) is 0 Å². The van der Waals surface area contributed by atoms with Gasteiger partial charge in [-0.15, -0.1) is 0 Å². The van der Waals surface area contributed by atoms with E-state index in [1.54, 1.807) is 18.7 Å². The summed E-state index contributed by atoms with van der Waals surface area (Å²) in [6.07, 6.45) is 5.15. The molecule has 2 aromatic rings. The fourth-order valence-electron chi connectivity index (χ4n) is 0.981. The fraction of sp³-hybridized carbons (Fsp3) is 0. The summed E-state index contributed by atoms with van der Waals surface area (Å²) >= 11 is 3.32. The van der Waals surface area contributed by atoms with E-state index in [1.807, 2.05) is 18.2 Å². The monoisotopic (exact) mass is 223 g/mol. The van der Waals surface area contributed by atoms with Gasteiger partial charge in [0.15, 0.2) is 0 Å². The van der Waals surface area contributed by atoms with Crippen molar-refractivity contribution in [2.45, 2.75) is 0 Å². The first-order valence-electron chi connectivity index (χ1n) is 3.51. The molecule has 0 saturated carbocycles. The molecule has 0 aromatic carbocycles. The SMILES string of the molecule is Brc1coc(-c2ccncc2)c1. The molecule has 0 unspecified atom stereocenters. The van der Waals surface area contributed by atoms with Crippen molar-refractivity contribution in [3.8, 4) is 11.3 Å². The van der Waals surface area contributed by atoms with Crippen LogP contribution in [0.4, 0.5) is 0 Å². The number of rotatable bonds is 1. The minimum atomic E-state index is 0.851. The highest BCUT2D eigenvalue weighted by molar-refractivity contribution is 9.10. The van der Waals surface area contributed by atoms with E-state index in [2.05, 4.69) is 20.9 Å². The number of halogens is 1. The third-order valence-corrected chi connectivity index (χ3v) is 1.95. The van der Waals surface area contributed by atoms with Crippen molar-refractivity contribution < 1.29 is 4.42 Å². The van der Waals surface area contributed by atoms with Gasteiger partial charge in [-0.3, -0.25) is 4.98 Å². The summed E-state index contributed by atoms with van der Waals surface area (Å²) in [7, 11) is 0. The predicted molar refractivity (Wildman–Crippen MR) is 49.6 cm³/mol. The average molecular weight is 224 g/mol. The summed E-state index contributed by atoms with van der Waals surface area (Å²) in [6.45, 7) is 0. The van der Waals surface area contributed by atoms with Gasteiger partial charge in [0, 0.05) is 18.0 Å². The third kappa shape index (κ3) is 1.41. The van der Waals surface area contributed by atoms with Gasteiger partial charge in [0.2, 0.25) is 0 Å². The lowest BCUT2D eigenvalue weighted by Gasteiger charge is -1.92. The Kier molecular flexibility index (Phi) is 1.96. The Hall–Kier alpha value is -1.09. The molecule has 2 aromatic heterocycles. The normalized spacial score (nSPS) is 10.1. The molecule has 0 aliphatic heterocycles. The maximum absolute atomic E-state index is 5.28. The maximum atomic E-state index is 5.28. The first kappa shape index (κ1) is 7.55. The van der Waals surface area contributed by atoms with Crippen molar-refractivity contribution in [3.05, 3.63) is 41.3 Å². The van der Waals surface area contributed by atoms with Crippen molar-refractivity contribution in [2.24, 2.45) is 0 Å². The number of pyridine rings is 1. The Labute approximate surface area is 78.4 Å². The molecule has 0 bridgehead atoms. The maximum Gasteiger partial charge on any atom is 0.135 e. The first-order valence-corrected chi connectivity index (χ1v) is 4.30. The number of aromatic nitrogens is 1. The van der Waals surface area contributed by atoms with E-state index in [0.717, 1.165) is 15.8 Å². The van der Waals surface area contributed by atoms with Crippen molar-refractivity contribution in [2.75, 3.05) is 0 Å². The topological polar surface area (TPSA) is 26.0 Å². The molecule has 3 heteroatoms. The number of hydrogen-bond donors (Lipinski definition) is 0. The Morgan fingerprint density at radius 2 is 2.00 bits per heavy atom. The lowest BCUT2D eigenvalue weighted by molar-refractivity contribution is 0.581. The van der Waals surface area contributed by atoms with E-state index in [1.165, 1.54) is 0 Å². The molecule has 0 amide bonds. The Bertz CT molecular complexity index is 369. The Morgan fingerprint density at radius 3 is 2.58 bits per heavy atom. The summed E-state index contributed by atoms with van der Waals surface area (Å²) in [5, 5.41) is 0. The molecular formula is C9H6BrNO. The van der Waals surface area contributed by atoms with Crippen molar-refractivity contribution >= 4 is 15.9 Å². The van der Waals surface area contributed by atoms with Gasteiger partial charge in [-0.25, -0.2) is 0 Å². The Balaban J connectivity index is 2.45. The van der Waals surface area contributed by atoms with Crippen LogP contribution in [0.5, 0.6) is 0 Å². The van der Waals surface area contributed by atoms with Crippen LogP contribution < -0.4 is 0 Å². The summed E-state index contributed by atoms with van der Waals surface area (Å²) in [4.78, 5) is 3.92. The van der Waals surface area contributed by atoms with Gasteiger partial charge in [0.1, 0.15) is 12.0 Å². The van der Waals surface area contributed by atoms with Gasteiger partial charge in [-0.05, 0) is 34.1 Å². The van der Waals surface area contributed by atoms with Gasteiger partial charge in [-0.1, -0.05) is 0 Å². The lowest BCUT2D eigenvalue weighted by atomic mass is 10.2. The van der Waals surface area contributed by atoms with Gasteiger partial charge in [-0.2, -0.15) is 0 Å². The standard InChI is InChI=1S/C9H6BrNO/c10-8-5-9(12-6-8)7-1-3-11-4-2-7/h1-6H. The van der Waals surface area contributed by atoms with Crippen LogP contribution in [0.3, 0.4) is 0 Å². The molecule has 0 atom stereocenters. The quantitative estimate of drug-likeness (QED) is 0.743. The summed E-state index contributed by atoms with van der Waals surface area (Å²) < 4.78 is 6.23. The van der Waals surface area contributed by atoms with Crippen LogP contribution in [-0.4, -0.2) is 4.98 Å². The highest BCUT2D eigenvalue weighted by Crippen LogP contribution is 2.23. The minimum Gasteiger partial charge on any atom is -0.463 e. The van der Waals surface area contributed by atoms with E-state index in [9.17, 15) is 0 Å². The van der Waals surface area contributed by atoms with Gasteiger partial charge < -0.3 is 4.42 Å². The zero-order valence-corrected chi connectivity index (χ0v) is 7.78. The van der Waals surface area contributed by atoms with E-state index >= 15 is 0 Å². The van der Waals surface area contributed by atoms with Crippen molar-refractivity contribution in [1.82, 2.24) is 4.98 Å². The largest absolute Gasteiger partial charge is 0.463 e. The molecule has 0 N–H and O–H groups in total. The molecule has 2 heterocycles. The van der Waals surface area contributed by atoms with Crippen LogP contribution >= 0.6 is 15.9 Å². The molecule has 12 heavy (non-hydrogen) atoms. The molecule has 0 spiro atoms.